The first kappa shape index (κ1) is 25.8. The molecule has 0 saturated heterocycles. The molecule has 0 bridgehead atoms. The summed E-state index contributed by atoms with van der Waals surface area (Å²) in [6.07, 6.45) is 7.63. The van der Waals surface area contributed by atoms with Gasteiger partial charge >= 0.3 is 0 Å². The first-order valence-electron chi connectivity index (χ1n) is 12.6. The van der Waals surface area contributed by atoms with E-state index in [2.05, 4.69) is 10.3 Å². The third-order valence-corrected chi connectivity index (χ3v) is 8.59. The van der Waals surface area contributed by atoms with Gasteiger partial charge in [0.15, 0.2) is 10.9 Å². The number of aromatic nitrogens is 4. The van der Waals surface area contributed by atoms with Crippen LogP contribution in [0.2, 0.25) is 0 Å². The van der Waals surface area contributed by atoms with Gasteiger partial charge in [-0.2, -0.15) is 0 Å². The molecule has 3 atom stereocenters. The van der Waals surface area contributed by atoms with Crippen LogP contribution in [0.5, 0.6) is 0 Å². The second kappa shape index (κ2) is 9.47. The molecule has 2 aliphatic rings. The average Bonchev–Trinajstić information content (AvgIpc) is 3.40. The Hall–Kier alpha value is -1.85. The SMILES string of the molecule is CSc1nc(C)c(-c2nc3c(C4CC4)nccc3s2)c(NC2CC(C(C)(C)N)[C@@H](OC(C)(C)O)C2)n1. The van der Waals surface area contributed by atoms with E-state index < -0.39 is 11.3 Å². The van der Waals surface area contributed by atoms with E-state index in [0.717, 1.165) is 56.0 Å². The number of rotatable bonds is 8. The van der Waals surface area contributed by atoms with Crippen molar-refractivity contribution in [3.63, 3.8) is 0 Å². The highest BCUT2D eigenvalue weighted by Gasteiger charge is 2.44. The van der Waals surface area contributed by atoms with E-state index >= 15 is 0 Å². The molecular weight excluding hydrogens is 492 g/mol. The second-order valence-electron chi connectivity index (χ2n) is 11.2. The normalized spacial score (nSPS) is 22.9. The fraction of sp³-hybridized carbons (Fsp3) is 0.615. The molecule has 4 N–H and O–H groups in total. The smallest absolute Gasteiger partial charge is 0.189 e. The van der Waals surface area contributed by atoms with Crippen LogP contribution < -0.4 is 11.1 Å². The Morgan fingerprint density at radius 3 is 2.56 bits per heavy atom. The second-order valence-corrected chi connectivity index (χ2v) is 13.0. The molecule has 0 amide bonds. The maximum Gasteiger partial charge on any atom is 0.189 e. The molecule has 2 aliphatic carbocycles. The van der Waals surface area contributed by atoms with Gasteiger partial charge in [-0.15, -0.1) is 11.3 Å². The number of fused-ring (bicyclic) bond motifs is 1. The lowest BCUT2D eigenvalue weighted by Crippen LogP contribution is -2.47. The monoisotopic (exact) mass is 528 g/mol. The number of aliphatic hydroxyl groups is 1. The quantitative estimate of drug-likeness (QED) is 0.208. The van der Waals surface area contributed by atoms with Crippen LogP contribution in [0.15, 0.2) is 17.4 Å². The van der Waals surface area contributed by atoms with E-state index in [1.54, 1.807) is 25.2 Å². The van der Waals surface area contributed by atoms with Crippen LogP contribution in [0, 0.1) is 12.8 Å². The van der Waals surface area contributed by atoms with Gasteiger partial charge in [0.05, 0.1) is 27.8 Å². The molecule has 3 heterocycles. The maximum atomic E-state index is 10.4. The first-order chi connectivity index (χ1) is 16.9. The minimum Gasteiger partial charge on any atom is -0.366 e. The lowest BCUT2D eigenvalue weighted by Gasteiger charge is -2.34. The van der Waals surface area contributed by atoms with E-state index in [1.165, 1.54) is 24.6 Å². The van der Waals surface area contributed by atoms with Crippen molar-refractivity contribution in [1.29, 1.82) is 0 Å². The molecule has 0 spiro atoms. The molecule has 2 fully saturated rings. The van der Waals surface area contributed by atoms with Crippen LogP contribution in [0.4, 0.5) is 5.82 Å². The molecule has 5 rings (SSSR count). The van der Waals surface area contributed by atoms with Crippen molar-refractivity contribution in [3.8, 4) is 10.6 Å². The number of nitrogens with zero attached hydrogens (tertiary/aromatic N) is 4. The molecular formula is C26H36N6O2S2. The van der Waals surface area contributed by atoms with E-state index in [4.69, 9.17) is 25.4 Å². The number of thioether (sulfide) groups is 1. The summed E-state index contributed by atoms with van der Waals surface area (Å²) < 4.78 is 7.20. The third kappa shape index (κ3) is 5.38. The topological polar surface area (TPSA) is 119 Å². The zero-order valence-electron chi connectivity index (χ0n) is 21.8. The number of ether oxygens (including phenoxy) is 1. The van der Waals surface area contributed by atoms with Crippen LogP contribution >= 0.6 is 23.1 Å². The van der Waals surface area contributed by atoms with Crippen molar-refractivity contribution in [2.75, 3.05) is 11.6 Å². The molecule has 0 aromatic carbocycles. The summed E-state index contributed by atoms with van der Waals surface area (Å²) in [5.41, 5.74) is 10.1. The van der Waals surface area contributed by atoms with Crippen molar-refractivity contribution in [3.05, 3.63) is 23.7 Å². The summed E-state index contributed by atoms with van der Waals surface area (Å²) in [4.78, 5) is 19.3. The molecule has 10 heteroatoms. The lowest BCUT2D eigenvalue weighted by atomic mass is 9.85. The van der Waals surface area contributed by atoms with Gasteiger partial charge in [0.1, 0.15) is 16.3 Å². The molecule has 36 heavy (non-hydrogen) atoms. The van der Waals surface area contributed by atoms with E-state index in [-0.39, 0.29) is 18.1 Å². The summed E-state index contributed by atoms with van der Waals surface area (Å²) in [6.45, 7) is 9.42. The Morgan fingerprint density at radius 2 is 1.92 bits per heavy atom. The van der Waals surface area contributed by atoms with Gasteiger partial charge in [0.2, 0.25) is 0 Å². The lowest BCUT2D eigenvalue weighted by molar-refractivity contribution is -0.215. The first-order valence-corrected chi connectivity index (χ1v) is 14.6. The number of nitrogens with two attached hydrogens (primary N) is 1. The van der Waals surface area contributed by atoms with Crippen LogP contribution in [-0.2, 0) is 4.74 Å². The van der Waals surface area contributed by atoms with Crippen LogP contribution in [0.3, 0.4) is 0 Å². The summed E-state index contributed by atoms with van der Waals surface area (Å²) in [5.74, 6) is 0.178. The van der Waals surface area contributed by atoms with Crippen LogP contribution in [0.25, 0.3) is 20.8 Å². The van der Waals surface area contributed by atoms with Crippen molar-refractivity contribution in [2.24, 2.45) is 11.7 Å². The van der Waals surface area contributed by atoms with Crippen molar-refractivity contribution < 1.29 is 9.84 Å². The van der Waals surface area contributed by atoms with E-state index in [0.29, 0.717) is 5.92 Å². The molecule has 0 aliphatic heterocycles. The Labute approximate surface area is 220 Å². The van der Waals surface area contributed by atoms with E-state index in [9.17, 15) is 5.11 Å². The Balaban J connectivity index is 1.51. The number of thiazole rings is 1. The summed E-state index contributed by atoms with van der Waals surface area (Å²) in [7, 11) is 0. The zero-order valence-corrected chi connectivity index (χ0v) is 23.5. The molecule has 2 unspecified atom stereocenters. The fourth-order valence-electron chi connectivity index (χ4n) is 5.23. The molecule has 8 nitrogen and oxygen atoms in total. The predicted molar refractivity (Wildman–Crippen MR) is 147 cm³/mol. The van der Waals surface area contributed by atoms with Gasteiger partial charge in [-0.1, -0.05) is 11.8 Å². The number of anilines is 1. The standard InChI is InChI=1S/C26H36N6O2S2/c1-13-19(23-31-21-18(36-23)9-10-28-20(21)14-7-8-14)22(32-24(29-13)35-6)30-15-11-16(25(2,3)27)17(12-15)34-26(4,5)33/h9-10,14-17,33H,7-8,11-12,27H2,1-6H3,(H,29,30,32)/t15?,16?,17-/m0/s1. The highest BCUT2D eigenvalue weighted by atomic mass is 32.2. The van der Waals surface area contributed by atoms with Crippen molar-refractivity contribution >= 4 is 39.1 Å². The van der Waals surface area contributed by atoms with Gasteiger partial charge in [-0.3, -0.25) is 4.98 Å². The van der Waals surface area contributed by atoms with Gasteiger partial charge in [-0.05, 0) is 72.6 Å². The predicted octanol–water partition coefficient (Wildman–Crippen LogP) is 5.10. The number of aryl methyl sites for hydroxylation is 1. The summed E-state index contributed by atoms with van der Waals surface area (Å²) >= 11 is 3.19. The minimum atomic E-state index is -1.22. The van der Waals surface area contributed by atoms with Crippen LogP contribution in [0.1, 0.15) is 70.7 Å². The van der Waals surface area contributed by atoms with Gasteiger partial charge in [-0.25, -0.2) is 15.0 Å². The summed E-state index contributed by atoms with van der Waals surface area (Å²) in [5, 5.41) is 15.7. The van der Waals surface area contributed by atoms with Crippen molar-refractivity contribution in [2.45, 2.75) is 94.8 Å². The molecule has 0 radical (unpaired) electrons. The zero-order chi connectivity index (χ0) is 25.8. The third-order valence-electron chi connectivity index (χ3n) is 7.01. The molecule has 194 valence electrons. The number of nitrogens with one attached hydrogen (secondary N) is 1. The van der Waals surface area contributed by atoms with E-state index in [1.807, 2.05) is 39.3 Å². The van der Waals surface area contributed by atoms with Gasteiger partial charge in [0.25, 0.3) is 0 Å². The number of pyridine rings is 1. The largest absolute Gasteiger partial charge is 0.366 e. The number of hydrogen-bond donors (Lipinski definition) is 3. The van der Waals surface area contributed by atoms with Crippen molar-refractivity contribution in [1.82, 2.24) is 19.9 Å². The van der Waals surface area contributed by atoms with Gasteiger partial charge in [0, 0.05) is 29.6 Å². The Morgan fingerprint density at radius 1 is 1.17 bits per heavy atom. The van der Waals surface area contributed by atoms with Gasteiger partial charge < -0.3 is 20.9 Å². The minimum absolute atomic E-state index is 0.0856. The van der Waals surface area contributed by atoms with Crippen LogP contribution in [-0.4, -0.2) is 54.8 Å². The maximum absolute atomic E-state index is 10.4. The highest BCUT2D eigenvalue weighted by molar-refractivity contribution is 7.98. The molecule has 2 saturated carbocycles. The average molecular weight is 529 g/mol. The molecule has 3 aromatic rings. The fourth-order valence-corrected chi connectivity index (χ4v) is 6.71. The number of hydrogen-bond acceptors (Lipinski definition) is 10. The molecule has 3 aromatic heterocycles. The highest BCUT2D eigenvalue weighted by Crippen LogP contribution is 2.45. The summed E-state index contributed by atoms with van der Waals surface area (Å²) in [6, 6.07) is 2.14. The Bertz CT molecular complexity index is 1260. The Kier molecular flexibility index (Phi) is 6.78.